The lowest BCUT2D eigenvalue weighted by Gasteiger charge is -1.97. The highest BCUT2D eigenvalue weighted by Crippen LogP contribution is 2.35. The molecule has 9 heteroatoms. The third kappa shape index (κ3) is 3.24. The molecule has 0 bridgehead atoms. The molecule has 1 aromatic carbocycles. The second kappa shape index (κ2) is 5.97. The van der Waals surface area contributed by atoms with Crippen molar-refractivity contribution in [3.8, 4) is 11.0 Å². The lowest BCUT2D eigenvalue weighted by atomic mass is 10.2. The lowest BCUT2D eigenvalue weighted by Crippen LogP contribution is -2.26. The summed E-state index contributed by atoms with van der Waals surface area (Å²) in [6.45, 7) is 1.96. The Balaban J connectivity index is 1.95. The molecule has 0 spiro atoms. The molecule has 0 fully saturated rings. The first-order chi connectivity index (χ1) is 11.0. The first-order valence-corrected chi connectivity index (χ1v) is 7.35. The molecule has 2 aromatic heterocycles. The summed E-state index contributed by atoms with van der Waals surface area (Å²) in [6.07, 6.45) is 0. The molecular formula is C14H11N5O3S. The number of benzene rings is 1. The van der Waals surface area contributed by atoms with Crippen LogP contribution in [-0.4, -0.2) is 19.9 Å². The zero-order valence-corrected chi connectivity index (χ0v) is 12.7. The van der Waals surface area contributed by atoms with Crippen LogP contribution in [-0.2, 0) is 0 Å². The zero-order chi connectivity index (χ0) is 16.4. The minimum Gasteiger partial charge on any atom is -0.491 e. The second-order valence-electron chi connectivity index (χ2n) is 4.64. The molecule has 2 N–H and O–H groups in total. The number of H-pyrrole nitrogens is 1. The lowest BCUT2D eigenvalue weighted by molar-refractivity contribution is 0.457. The Labute approximate surface area is 133 Å². The summed E-state index contributed by atoms with van der Waals surface area (Å²) in [5.74, 6) is -0.363. The molecular weight excluding hydrogens is 318 g/mol. The van der Waals surface area contributed by atoms with Crippen LogP contribution in [0.4, 0.5) is 10.7 Å². The number of nitrogens with zero attached hydrogens (tertiary/aromatic N) is 4. The molecule has 0 aliphatic heterocycles. The van der Waals surface area contributed by atoms with Crippen LogP contribution in [0, 0.1) is 6.92 Å². The van der Waals surface area contributed by atoms with Crippen LogP contribution in [0.1, 0.15) is 5.56 Å². The van der Waals surface area contributed by atoms with E-state index in [0.29, 0.717) is 5.69 Å². The zero-order valence-electron chi connectivity index (χ0n) is 11.9. The number of thiazole rings is 1. The fourth-order valence-corrected chi connectivity index (χ4v) is 2.49. The predicted molar refractivity (Wildman–Crippen MR) is 85.4 cm³/mol. The third-order valence-electron chi connectivity index (χ3n) is 2.88. The van der Waals surface area contributed by atoms with E-state index >= 15 is 0 Å². The van der Waals surface area contributed by atoms with Gasteiger partial charge in [-0.05, 0) is 19.1 Å². The maximum absolute atomic E-state index is 11.7. The summed E-state index contributed by atoms with van der Waals surface area (Å²) in [7, 11) is 0. The first-order valence-electron chi connectivity index (χ1n) is 6.54. The summed E-state index contributed by atoms with van der Waals surface area (Å²) >= 11 is 0.929. The molecule has 0 radical (unpaired) electrons. The Morgan fingerprint density at radius 2 is 1.87 bits per heavy atom. The third-order valence-corrected chi connectivity index (χ3v) is 3.80. The number of aryl methyl sites for hydroxylation is 1. The Morgan fingerprint density at radius 1 is 1.13 bits per heavy atom. The van der Waals surface area contributed by atoms with Crippen LogP contribution in [0.25, 0.3) is 5.13 Å². The quantitative estimate of drug-likeness (QED) is 0.718. The minimum atomic E-state index is -0.472. The number of aromatic nitrogens is 3. The maximum Gasteiger partial charge on any atom is 0.272 e. The minimum absolute atomic E-state index is 0.100. The van der Waals surface area contributed by atoms with Gasteiger partial charge in [-0.2, -0.15) is 9.67 Å². The second-order valence-corrected chi connectivity index (χ2v) is 5.60. The standard InChI is InChI=1S/C14H11N5O3S/c1-8-2-4-9(5-3-8)16-17-13-12(22)15-14(23-13)19-11(21)7-6-10(20)18-19/h2-7,22H,1H3,(H,18,20). The van der Waals surface area contributed by atoms with E-state index in [-0.39, 0.29) is 16.0 Å². The molecule has 2 heterocycles. The van der Waals surface area contributed by atoms with Crippen LogP contribution in [0.5, 0.6) is 5.88 Å². The molecule has 8 nitrogen and oxygen atoms in total. The summed E-state index contributed by atoms with van der Waals surface area (Å²) in [4.78, 5) is 26.9. The van der Waals surface area contributed by atoms with Crippen molar-refractivity contribution < 1.29 is 5.11 Å². The van der Waals surface area contributed by atoms with Gasteiger partial charge in [0.15, 0.2) is 0 Å². The molecule has 0 aliphatic rings. The van der Waals surface area contributed by atoms with Crippen LogP contribution in [0.2, 0.25) is 0 Å². The number of aromatic amines is 1. The van der Waals surface area contributed by atoms with Gasteiger partial charge >= 0.3 is 0 Å². The van der Waals surface area contributed by atoms with Gasteiger partial charge in [0.2, 0.25) is 10.1 Å². The van der Waals surface area contributed by atoms with Crippen molar-refractivity contribution in [3.63, 3.8) is 0 Å². The fourth-order valence-electron chi connectivity index (χ4n) is 1.73. The molecule has 0 amide bonds. The Morgan fingerprint density at radius 3 is 2.61 bits per heavy atom. The van der Waals surface area contributed by atoms with Gasteiger partial charge in [-0.15, -0.1) is 10.2 Å². The van der Waals surface area contributed by atoms with Crippen molar-refractivity contribution in [2.24, 2.45) is 10.2 Å². The molecule has 0 atom stereocenters. The average molecular weight is 329 g/mol. The summed E-state index contributed by atoms with van der Waals surface area (Å²) in [5, 5.41) is 20.3. The number of aromatic hydroxyl groups is 1. The number of hydrogen-bond donors (Lipinski definition) is 2. The van der Waals surface area contributed by atoms with Gasteiger partial charge in [0, 0.05) is 12.1 Å². The molecule has 3 aromatic rings. The number of hydrogen-bond acceptors (Lipinski definition) is 7. The maximum atomic E-state index is 11.7. The van der Waals surface area contributed by atoms with Crippen molar-refractivity contribution in [3.05, 3.63) is 62.7 Å². The van der Waals surface area contributed by atoms with Crippen molar-refractivity contribution in [2.75, 3.05) is 0 Å². The highest BCUT2D eigenvalue weighted by Gasteiger charge is 2.13. The first kappa shape index (κ1) is 14.9. The van der Waals surface area contributed by atoms with Crippen molar-refractivity contribution in [1.29, 1.82) is 0 Å². The van der Waals surface area contributed by atoms with Crippen LogP contribution >= 0.6 is 11.3 Å². The molecule has 0 unspecified atom stereocenters. The fraction of sp³-hybridized carbons (Fsp3) is 0.0714. The van der Waals surface area contributed by atoms with Crippen LogP contribution in [0.15, 0.2) is 56.2 Å². The highest BCUT2D eigenvalue weighted by atomic mass is 32.1. The summed E-state index contributed by atoms with van der Waals surface area (Å²) in [5.41, 5.74) is 0.789. The van der Waals surface area contributed by atoms with E-state index in [1.54, 1.807) is 12.1 Å². The van der Waals surface area contributed by atoms with E-state index in [1.165, 1.54) is 0 Å². The summed E-state index contributed by atoms with van der Waals surface area (Å²) in [6, 6.07) is 9.59. The largest absolute Gasteiger partial charge is 0.491 e. The van der Waals surface area contributed by atoms with Gasteiger partial charge in [0.05, 0.1) is 5.69 Å². The average Bonchev–Trinajstić information content (AvgIpc) is 2.90. The van der Waals surface area contributed by atoms with Crippen molar-refractivity contribution >= 4 is 22.0 Å². The van der Waals surface area contributed by atoms with Crippen molar-refractivity contribution in [1.82, 2.24) is 14.8 Å². The van der Waals surface area contributed by atoms with Gasteiger partial charge in [0.1, 0.15) is 0 Å². The highest BCUT2D eigenvalue weighted by molar-refractivity contribution is 7.18. The topological polar surface area (TPSA) is 113 Å². The van der Waals surface area contributed by atoms with Crippen LogP contribution < -0.4 is 11.1 Å². The van der Waals surface area contributed by atoms with Gasteiger partial charge in [0.25, 0.3) is 17.0 Å². The smallest absolute Gasteiger partial charge is 0.272 e. The monoisotopic (exact) mass is 329 g/mol. The molecule has 23 heavy (non-hydrogen) atoms. The van der Waals surface area contributed by atoms with E-state index in [2.05, 4.69) is 20.3 Å². The molecule has 116 valence electrons. The van der Waals surface area contributed by atoms with Gasteiger partial charge in [-0.25, -0.2) is 0 Å². The molecule has 0 saturated heterocycles. The number of azo groups is 1. The normalized spacial score (nSPS) is 11.2. The number of rotatable bonds is 3. The predicted octanol–water partition coefficient (Wildman–Crippen LogP) is 2.41. The van der Waals surface area contributed by atoms with E-state index in [1.807, 2.05) is 19.1 Å². The van der Waals surface area contributed by atoms with Crippen molar-refractivity contribution in [2.45, 2.75) is 6.92 Å². The number of nitrogens with one attached hydrogen (secondary N) is 1. The molecule has 3 rings (SSSR count). The van der Waals surface area contributed by atoms with E-state index in [9.17, 15) is 14.7 Å². The van der Waals surface area contributed by atoms with E-state index in [0.717, 1.165) is 33.7 Å². The SMILES string of the molecule is Cc1ccc(N=Nc2sc(-n3[nH]c(=O)ccc3=O)nc2O)cc1. The summed E-state index contributed by atoms with van der Waals surface area (Å²) < 4.78 is 0.942. The Hall–Kier alpha value is -3.07. The van der Waals surface area contributed by atoms with Gasteiger partial charge in [-0.3, -0.25) is 14.7 Å². The van der Waals surface area contributed by atoms with Crippen LogP contribution in [0.3, 0.4) is 0 Å². The molecule has 0 saturated carbocycles. The van der Waals surface area contributed by atoms with E-state index in [4.69, 9.17) is 0 Å². The van der Waals surface area contributed by atoms with E-state index < -0.39 is 11.1 Å². The van der Waals surface area contributed by atoms with Gasteiger partial charge in [-0.1, -0.05) is 29.0 Å². The van der Waals surface area contributed by atoms with Gasteiger partial charge < -0.3 is 5.11 Å². The Kier molecular flexibility index (Phi) is 3.85. The Bertz CT molecular complexity index is 985. The molecule has 0 aliphatic carbocycles.